The highest BCUT2D eigenvalue weighted by Gasteiger charge is 2.18. The molecule has 0 aliphatic rings. The predicted octanol–water partition coefficient (Wildman–Crippen LogP) is 1.24. The lowest BCUT2D eigenvalue weighted by Gasteiger charge is -2.07. The molecule has 1 aromatic heterocycles. The van der Waals surface area contributed by atoms with Crippen molar-refractivity contribution < 1.29 is 18.3 Å². The van der Waals surface area contributed by atoms with Crippen molar-refractivity contribution in [3.05, 3.63) is 47.0 Å². The minimum atomic E-state index is -3.84. The lowest BCUT2D eigenvalue weighted by molar-refractivity contribution is 0.0697. The van der Waals surface area contributed by atoms with Gasteiger partial charge in [-0.3, -0.25) is 0 Å². The number of aromatic nitrogens is 2. The van der Waals surface area contributed by atoms with Crippen LogP contribution in [0.4, 0.5) is 0 Å². The number of nitrogens with one attached hydrogen (secondary N) is 2. The van der Waals surface area contributed by atoms with E-state index in [9.17, 15) is 13.2 Å². The number of H-pyrrole nitrogens is 1. The zero-order valence-corrected chi connectivity index (χ0v) is 11.6. The van der Waals surface area contributed by atoms with Gasteiger partial charge in [0.2, 0.25) is 10.0 Å². The molecule has 0 bridgehead atoms. The number of imidazole rings is 1. The lowest BCUT2D eigenvalue weighted by atomic mass is 10.2. The van der Waals surface area contributed by atoms with Crippen molar-refractivity contribution in [2.75, 3.05) is 0 Å². The molecule has 0 aliphatic carbocycles. The lowest BCUT2D eigenvalue weighted by Crippen LogP contribution is -2.24. The molecule has 0 saturated heterocycles. The van der Waals surface area contributed by atoms with Crippen LogP contribution in [0.5, 0.6) is 0 Å². The zero-order chi connectivity index (χ0) is 14.8. The van der Waals surface area contributed by atoms with Gasteiger partial charge >= 0.3 is 5.97 Å². The topological polar surface area (TPSA) is 112 Å². The van der Waals surface area contributed by atoms with E-state index in [-0.39, 0.29) is 22.0 Å². The van der Waals surface area contributed by atoms with Gasteiger partial charge in [-0.25, -0.2) is 22.9 Å². The minimum Gasteiger partial charge on any atom is -0.478 e. The molecule has 1 aromatic carbocycles. The maximum Gasteiger partial charge on any atom is 0.337 e. The quantitative estimate of drug-likeness (QED) is 0.768. The fourth-order valence-electron chi connectivity index (χ4n) is 1.48. The van der Waals surface area contributed by atoms with Gasteiger partial charge in [-0.1, -0.05) is 11.6 Å². The molecule has 3 N–H and O–H groups in total. The summed E-state index contributed by atoms with van der Waals surface area (Å²) in [6.45, 7) is -0.0274. The largest absolute Gasteiger partial charge is 0.478 e. The Hall–Kier alpha value is -1.90. The third-order valence-corrected chi connectivity index (χ3v) is 4.19. The Labute approximate surface area is 119 Å². The normalized spacial score (nSPS) is 11.4. The summed E-state index contributed by atoms with van der Waals surface area (Å²) in [6, 6.07) is 3.47. The molecule has 20 heavy (non-hydrogen) atoms. The zero-order valence-electron chi connectivity index (χ0n) is 10.00. The summed E-state index contributed by atoms with van der Waals surface area (Å²) in [6.07, 6.45) is 3.06. The van der Waals surface area contributed by atoms with Crippen molar-refractivity contribution >= 4 is 27.6 Å². The fraction of sp³-hybridized carbons (Fsp3) is 0.0909. The molecular weight excluding hydrogens is 306 g/mol. The molecule has 7 nitrogen and oxygen atoms in total. The van der Waals surface area contributed by atoms with E-state index in [0.29, 0.717) is 5.82 Å². The number of benzene rings is 1. The van der Waals surface area contributed by atoms with Crippen LogP contribution < -0.4 is 4.72 Å². The number of aromatic amines is 1. The Morgan fingerprint density at radius 1 is 1.45 bits per heavy atom. The van der Waals surface area contributed by atoms with E-state index < -0.39 is 16.0 Å². The number of carbonyl (C=O) groups is 1. The van der Waals surface area contributed by atoms with Crippen molar-refractivity contribution in [3.8, 4) is 0 Å². The smallest absolute Gasteiger partial charge is 0.337 e. The van der Waals surface area contributed by atoms with Crippen molar-refractivity contribution in [2.24, 2.45) is 0 Å². The van der Waals surface area contributed by atoms with Crippen molar-refractivity contribution in [1.82, 2.24) is 14.7 Å². The molecule has 0 radical (unpaired) electrons. The maximum atomic E-state index is 12.0. The SMILES string of the molecule is O=C(O)c1cc(S(=O)(=O)NCc2ncc[nH]2)ccc1Cl. The van der Waals surface area contributed by atoms with E-state index >= 15 is 0 Å². The summed E-state index contributed by atoms with van der Waals surface area (Å²) >= 11 is 5.69. The highest BCUT2D eigenvalue weighted by Crippen LogP contribution is 2.20. The molecular formula is C11H10ClN3O4S. The van der Waals surface area contributed by atoms with Crippen LogP contribution in [0.25, 0.3) is 0 Å². The van der Waals surface area contributed by atoms with Crippen LogP contribution in [0.3, 0.4) is 0 Å². The van der Waals surface area contributed by atoms with Crippen molar-refractivity contribution in [2.45, 2.75) is 11.4 Å². The molecule has 2 aromatic rings. The molecule has 2 rings (SSSR count). The van der Waals surface area contributed by atoms with Gasteiger partial charge in [0.15, 0.2) is 0 Å². The number of aromatic carboxylic acids is 1. The predicted molar refractivity (Wildman–Crippen MR) is 71.0 cm³/mol. The van der Waals surface area contributed by atoms with Gasteiger partial charge in [-0.15, -0.1) is 0 Å². The van der Waals surface area contributed by atoms with Crippen LogP contribution in [-0.4, -0.2) is 29.5 Å². The maximum absolute atomic E-state index is 12.0. The number of halogens is 1. The number of carboxylic acids is 1. The Morgan fingerprint density at radius 2 is 2.20 bits per heavy atom. The van der Waals surface area contributed by atoms with Crippen LogP contribution in [0.1, 0.15) is 16.2 Å². The van der Waals surface area contributed by atoms with Gasteiger partial charge in [0.25, 0.3) is 0 Å². The number of rotatable bonds is 5. The van der Waals surface area contributed by atoms with Crippen LogP contribution in [0, 0.1) is 0 Å². The molecule has 0 atom stereocenters. The van der Waals surface area contributed by atoms with Gasteiger partial charge in [0.05, 0.1) is 22.0 Å². The van der Waals surface area contributed by atoms with Crippen LogP contribution in [-0.2, 0) is 16.6 Å². The summed E-state index contributed by atoms with van der Waals surface area (Å²) < 4.78 is 26.4. The van der Waals surface area contributed by atoms with Crippen molar-refractivity contribution in [1.29, 1.82) is 0 Å². The summed E-state index contributed by atoms with van der Waals surface area (Å²) in [4.78, 5) is 17.4. The Morgan fingerprint density at radius 3 is 2.80 bits per heavy atom. The van der Waals surface area contributed by atoms with Crippen LogP contribution in [0.15, 0.2) is 35.5 Å². The van der Waals surface area contributed by atoms with Gasteiger partial charge in [0.1, 0.15) is 5.82 Å². The summed E-state index contributed by atoms with van der Waals surface area (Å²) in [7, 11) is -3.84. The third-order valence-electron chi connectivity index (χ3n) is 2.46. The Bertz CT molecular complexity index is 728. The standard InChI is InChI=1S/C11H10ClN3O4S/c12-9-2-1-7(5-8(9)11(16)17)20(18,19)15-6-10-13-3-4-14-10/h1-5,15H,6H2,(H,13,14)(H,16,17). The van der Waals surface area contributed by atoms with E-state index in [1.54, 1.807) is 6.20 Å². The number of sulfonamides is 1. The molecule has 0 spiro atoms. The van der Waals surface area contributed by atoms with E-state index in [1.807, 2.05) is 0 Å². The van der Waals surface area contributed by atoms with Gasteiger partial charge < -0.3 is 10.1 Å². The highest BCUT2D eigenvalue weighted by molar-refractivity contribution is 7.89. The minimum absolute atomic E-state index is 0.0255. The summed E-state index contributed by atoms with van der Waals surface area (Å²) in [5.41, 5.74) is -0.271. The molecule has 0 fully saturated rings. The summed E-state index contributed by atoms with van der Waals surface area (Å²) in [5.74, 6) is -0.848. The molecule has 1 heterocycles. The first-order chi connectivity index (χ1) is 9.40. The molecule has 0 amide bonds. The van der Waals surface area contributed by atoms with Gasteiger partial charge in [-0.2, -0.15) is 0 Å². The number of nitrogens with zero attached hydrogens (tertiary/aromatic N) is 1. The Balaban J connectivity index is 2.25. The number of hydrogen-bond donors (Lipinski definition) is 3. The third kappa shape index (κ3) is 3.16. The second-order valence-corrected chi connectivity index (χ2v) is 5.98. The van der Waals surface area contributed by atoms with E-state index in [2.05, 4.69) is 14.7 Å². The van der Waals surface area contributed by atoms with Gasteiger partial charge in [-0.05, 0) is 18.2 Å². The summed E-state index contributed by atoms with van der Waals surface area (Å²) in [5, 5.41) is 8.90. The van der Waals surface area contributed by atoms with E-state index in [1.165, 1.54) is 18.3 Å². The second-order valence-electron chi connectivity index (χ2n) is 3.81. The fourth-order valence-corrected chi connectivity index (χ4v) is 2.69. The average molecular weight is 316 g/mol. The van der Waals surface area contributed by atoms with E-state index in [0.717, 1.165) is 6.07 Å². The van der Waals surface area contributed by atoms with Crippen LogP contribution >= 0.6 is 11.6 Å². The first-order valence-corrected chi connectivity index (χ1v) is 7.27. The van der Waals surface area contributed by atoms with Crippen molar-refractivity contribution in [3.63, 3.8) is 0 Å². The molecule has 106 valence electrons. The first kappa shape index (κ1) is 14.5. The molecule has 9 heteroatoms. The average Bonchev–Trinajstić information content (AvgIpc) is 2.89. The Kier molecular flexibility index (Phi) is 4.07. The van der Waals surface area contributed by atoms with Crippen LogP contribution in [0.2, 0.25) is 5.02 Å². The van der Waals surface area contributed by atoms with E-state index in [4.69, 9.17) is 16.7 Å². The molecule has 0 saturated carbocycles. The number of hydrogen-bond acceptors (Lipinski definition) is 4. The molecule has 0 aliphatic heterocycles. The number of carboxylic acid groups (broad SMARTS) is 1. The second kappa shape index (κ2) is 5.61. The molecule has 0 unspecified atom stereocenters. The highest BCUT2D eigenvalue weighted by atomic mass is 35.5. The van der Waals surface area contributed by atoms with Gasteiger partial charge in [0, 0.05) is 12.4 Å². The first-order valence-electron chi connectivity index (χ1n) is 5.41. The monoisotopic (exact) mass is 315 g/mol.